The number of aromatic nitrogens is 1. The summed E-state index contributed by atoms with van der Waals surface area (Å²) in [5.41, 5.74) is 2.05. The van der Waals surface area contributed by atoms with Gasteiger partial charge in [0.05, 0.1) is 0 Å². The minimum atomic E-state index is -1.08. The van der Waals surface area contributed by atoms with Crippen molar-refractivity contribution in [2.75, 3.05) is 0 Å². The first-order valence-electron chi connectivity index (χ1n) is 6.00. The first-order valence-corrected chi connectivity index (χ1v) is 6.00. The quantitative estimate of drug-likeness (QED) is 0.877. The number of aryl methyl sites for hydroxylation is 1. The second-order valence-electron chi connectivity index (χ2n) is 4.18. The number of carboxylic acids is 1. The molecule has 0 saturated carbocycles. The van der Waals surface area contributed by atoms with Crippen molar-refractivity contribution in [2.45, 2.75) is 26.2 Å². The van der Waals surface area contributed by atoms with Crippen LogP contribution in [0.15, 0.2) is 34.9 Å². The number of nitrogens with zero attached hydrogens (tertiary/aromatic N) is 1. The lowest BCUT2D eigenvalue weighted by Crippen LogP contribution is -1.94. The summed E-state index contributed by atoms with van der Waals surface area (Å²) in [5, 5.41) is 12.3. The molecule has 1 aromatic carbocycles. The van der Waals surface area contributed by atoms with Crippen LogP contribution in [0.25, 0.3) is 11.3 Å². The third-order valence-electron chi connectivity index (χ3n) is 2.79. The van der Waals surface area contributed by atoms with Crippen LogP contribution in [-0.4, -0.2) is 16.2 Å². The van der Waals surface area contributed by atoms with Crippen molar-refractivity contribution in [3.05, 3.63) is 41.6 Å². The van der Waals surface area contributed by atoms with Crippen LogP contribution in [0.2, 0.25) is 0 Å². The zero-order valence-electron chi connectivity index (χ0n) is 10.2. The van der Waals surface area contributed by atoms with Gasteiger partial charge in [-0.05, 0) is 18.4 Å². The summed E-state index contributed by atoms with van der Waals surface area (Å²) in [7, 11) is 0. The van der Waals surface area contributed by atoms with Gasteiger partial charge in [0.1, 0.15) is 0 Å². The van der Waals surface area contributed by atoms with Gasteiger partial charge in [0.2, 0.25) is 0 Å². The van der Waals surface area contributed by atoms with Crippen LogP contribution in [0.3, 0.4) is 0 Å². The molecule has 18 heavy (non-hydrogen) atoms. The van der Waals surface area contributed by atoms with Crippen molar-refractivity contribution < 1.29 is 14.4 Å². The highest BCUT2D eigenvalue weighted by molar-refractivity contribution is 5.86. The van der Waals surface area contributed by atoms with Crippen molar-refractivity contribution in [2.24, 2.45) is 0 Å². The van der Waals surface area contributed by atoms with E-state index in [1.54, 1.807) is 0 Å². The lowest BCUT2D eigenvalue weighted by Gasteiger charge is -2.00. The molecule has 0 saturated heterocycles. The van der Waals surface area contributed by atoms with Gasteiger partial charge in [-0.3, -0.25) is 0 Å². The van der Waals surface area contributed by atoms with Gasteiger partial charge in [0.25, 0.3) is 0 Å². The topological polar surface area (TPSA) is 63.3 Å². The zero-order chi connectivity index (χ0) is 13.0. The first kappa shape index (κ1) is 12.4. The van der Waals surface area contributed by atoms with Crippen LogP contribution in [0.5, 0.6) is 0 Å². The Morgan fingerprint density at radius 2 is 2.06 bits per heavy atom. The fourth-order valence-corrected chi connectivity index (χ4v) is 1.73. The van der Waals surface area contributed by atoms with Gasteiger partial charge >= 0.3 is 5.97 Å². The highest BCUT2D eigenvalue weighted by atomic mass is 16.5. The van der Waals surface area contributed by atoms with Crippen LogP contribution in [0, 0.1) is 0 Å². The van der Waals surface area contributed by atoms with Gasteiger partial charge in [-0.1, -0.05) is 42.8 Å². The fraction of sp³-hybridized carbons (Fsp3) is 0.286. The van der Waals surface area contributed by atoms with E-state index in [1.807, 2.05) is 24.3 Å². The molecule has 0 fully saturated rings. The van der Waals surface area contributed by atoms with Crippen LogP contribution < -0.4 is 0 Å². The lowest BCUT2D eigenvalue weighted by molar-refractivity contribution is 0.0686. The molecule has 0 bridgehead atoms. The third-order valence-corrected chi connectivity index (χ3v) is 2.79. The molecule has 0 aliphatic carbocycles. The standard InChI is InChI=1S/C14H15NO3/c1-2-3-4-10-5-7-11(8-6-10)13-9-12(14(16)17)15-18-13/h5-9H,2-4H2,1H3,(H,16,17). The number of rotatable bonds is 5. The minimum Gasteiger partial charge on any atom is -0.476 e. The smallest absolute Gasteiger partial charge is 0.358 e. The minimum absolute atomic E-state index is 0.0694. The maximum atomic E-state index is 10.7. The van der Waals surface area contributed by atoms with Gasteiger partial charge in [0, 0.05) is 11.6 Å². The molecule has 1 aromatic heterocycles. The molecule has 0 aliphatic heterocycles. The highest BCUT2D eigenvalue weighted by Crippen LogP contribution is 2.21. The summed E-state index contributed by atoms with van der Waals surface area (Å²) in [6.07, 6.45) is 3.41. The Morgan fingerprint density at radius 3 is 2.61 bits per heavy atom. The van der Waals surface area contributed by atoms with Crippen LogP contribution in [0.4, 0.5) is 0 Å². The fourth-order valence-electron chi connectivity index (χ4n) is 1.73. The van der Waals surface area contributed by atoms with Crippen LogP contribution in [-0.2, 0) is 6.42 Å². The van der Waals surface area contributed by atoms with E-state index in [0.717, 1.165) is 12.0 Å². The molecule has 4 heteroatoms. The first-order chi connectivity index (χ1) is 8.70. The molecular weight excluding hydrogens is 230 g/mol. The molecule has 1 heterocycles. The SMILES string of the molecule is CCCCc1ccc(-c2cc(C(=O)O)no2)cc1. The molecule has 0 spiro atoms. The van der Waals surface area contributed by atoms with E-state index in [0.29, 0.717) is 5.76 Å². The Hall–Kier alpha value is -2.10. The Bertz CT molecular complexity index is 528. The van der Waals surface area contributed by atoms with E-state index in [4.69, 9.17) is 9.63 Å². The molecule has 0 amide bonds. The number of hydrogen-bond donors (Lipinski definition) is 1. The predicted octanol–water partition coefficient (Wildman–Crippen LogP) is 3.38. The third kappa shape index (κ3) is 2.77. The molecular formula is C14H15NO3. The molecule has 1 N–H and O–H groups in total. The molecule has 2 aromatic rings. The monoisotopic (exact) mass is 245 g/mol. The zero-order valence-corrected chi connectivity index (χ0v) is 10.2. The van der Waals surface area contributed by atoms with E-state index >= 15 is 0 Å². The maximum Gasteiger partial charge on any atom is 0.358 e. The van der Waals surface area contributed by atoms with Gasteiger partial charge in [-0.2, -0.15) is 0 Å². The highest BCUT2D eigenvalue weighted by Gasteiger charge is 2.11. The van der Waals surface area contributed by atoms with Crippen molar-refractivity contribution in [3.8, 4) is 11.3 Å². The lowest BCUT2D eigenvalue weighted by atomic mass is 10.1. The van der Waals surface area contributed by atoms with Crippen LogP contribution in [0.1, 0.15) is 35.8 Å². The summed E-state index contributed by atoms with van der Waals surface area (Å²) in [6, 6.07) is 9.36. The van der Waals surface area contributed by atoms with E-state index in [-0.39, 0.29) is 5.69 Å². The Balaban J connectivity index is 2.15. The number of aromatic carboxylic acids is 1. The van der Waals surface area contributed by atoms with Crippen LogP contribution >= 0.6 is 0 Å². The molecule has 0 radical (unpaired) electrons. The molecule has 0 atom stereocenters. The van der Waals surface area contributed by atoms with Gasteiger partial charge < -0.3 is 9.63 Å². The van der Waals surface area contributed by atoms with Crippen molar-refractivity contribution in [1.29, 1.82) is 0 Å². The second-order valence-corrected chi connectivity index (χ2v) is 4.18. The van der Waals surface area contributed by atoms with E-state index < -0.39 is 5.97 Å². The number of benzene rings is 1. The Labute approximate surface area is 105 Å². The average molecular weight is 245 g/mol. The Morgan fingerprint density at radius 1 is 1.33 bits per heavy atom. The maximum absolute atomic E-state index is 10.7. The normalized spacial score (nSPS) is 10.5. The van der Waals surface area contributed by atoms with Crippen molar-refractivity contribution >= 4 is 5.97 Å². The summed E-state index contributed by atoms with van der Waals surface area (Å²) in [4.78, 5) is 10.7. The van der Waals surface area contributed by atoms with Gasteiger partial charge in [-0.15, -0.1) is 0 Å². The summed E-state index contributed by atoms with van der Waals surface area (Å²) in [6.45, 7) is 2.16. The largest absolute Gasteiger partial charge is 0.476 e. The van der Waals surface area contributed by atoms with Gasteiger partial charge in [0.15, 0.2) is 11.5 Å². The average Bonchev–Trinajstić information content (AvgIpc) is 2.87. The predicted molar refractivity (Wildman–Crippen MR) is 67.5 cm³/mol. The summed E-state index contributed by atoms with van der Waals surface area (Å²) in [5.74, 6) is -0.598. The summed E-state index contributed by atoms with van der Waals surface area (Å²) >= 11 is 0. The summed E-state index contributed by atoms with van der Waals surface area (Å²) < 4.78 is 5.00. The van der Waals surface area contributed by atoms with Crippen molar-refractivity contribution in [1.82, 2.24) is 5.16 Å². The number of carbonyl (C=O) groups is 1. The van der Waals surface area contributed by atoms with E-state index in [9.17, 15) is 4.79 Å². The number of carboxylic acid groups (broad SMARTS) is 1. The number of unbranched alkanes of at least 4 members (excludes halogenated alkanes) is 1. The molecule has 0 aliphatic rings. The molecule has 4 nitrogen and oxygen atoms in total. The molecule has 94 valence electrons. The van der Waals surface area contributed by atoms with E-state index in [2.05, 4.69) is 12.1 Å². The van der Waals surface area contributed by atoms with Crippen molar-refractivity contribution in [3.63, 3.8) is 0 Å². The Kier molecular flexibility index (Phi) is 3.77. The molecule has 2 rings (SSSR count). The van der Waals surface area contributed by atoms with Gasteiger partial charge in [-0.25, -0.2) is 4.79 Å². The molecule has 0 unspecified atom stereocenters. The van der Waals surface area contributed by atoms with E-state index in [1.165, 1.54) is 24.5 Å². The number of hydrogen-bond acceptors (Lipinski definition) is 3. The second kappa shape index (κ2) is 5.49.